The summed E-state index contributed by atoms with van der Waals surface area (Å²) in [5.74, 6) is 0.230. The second kappa shape index (κ2) is 10.1. The molecule has 0 saturated heterocycles. The molecule has 24 heavy (non-hydrogen) atoms. The van der Waals surface area contributed by atoms with Gasteiger partial charge in [0.25, 0.3) is 0 Å². The van der Waals surface area contributed by atoms with Crippen molar-refractivity contribution in [2.45, 2.75) is 19.9 Å². The number of likely N-dealkylation sites (N-methyl/N-ethyl adjacent to an activating group) is 1. The van der Waals surface area contributed by atoms with E-state index in [1.807, 2.05) is 82.3 Å². The molecular weight excluding hydrogens is 300 g/mol. The van der Waals surface area contributed by atoms with E-state index in [1.165, 1.54) is 0 Å². The summed E-state index contributed by atoms with van der Waals surface area (Å²) in [4.78, 5) is 12.3. The Morgan fingerprint density at radius 1 is 1.25 bits per heavy atom. The minimum absolute atomic E-state index is 0.0983. The largest absolute Gasteiger partial charge is 0.505 e. The molecule has 2 N–H and O–H groups in total. The standard InChI is InChI=1S/C19H22N2O.CH2O/c1-4-6-9-14(8-5-2)17(20-3)16-12-11-15-10-7-13-21-18(15)19(16)22;1-2/h4-13,17,20,22H,1-3H3;1H2/b6-4-,8-5-,14-9+;. The molecule has 2 aromatic rings. The number of allylic oxidation sites excluding steroid dienone is 4. The van der Waals surface area contributed by atoms with Gasteiger partial charge in [0.1, 0.15) is 18.1 Å². The van der Waals surface area contributed by atoms with Gasteiger partial charge in [-0.3, -0.25) is 4.98 Å². The predicted octanol–water partition coefficient (Wildman–Crippen LogP) is 4.09. The summed E-state index contributed by atoms with van der Waals surface area (Å²) < 4.78 is 0. The maximum absolute atomic E-state index is 10.6. The summed E-state index contributed by atoms with van der Waals surface area (Å²) in [6.45, 7) is 5.97. The molecule has 2 rings (SSSR count). The van der Waals surface area contributed by atoms with E-state index in [4.69, 9.17) is 4.79 Å². The summed E-state index contributed by atoms with van der Waals surface area (Å²) in [7, 11) is 1.89. The molecule has 0 aliphatic rings. The lowest BCUT2D eigenvalue weighted by Crippen LogP contribution is -2.18. The molecule has 0 radical (unpaired) electrons. The number of aromatic hydroxyl groups is 1. The van der Waals surface area contributed by atoms with Crippen LogP contribution >= 0.6 is 0 Å². The molecule has 0 bridgehead atoms. The number of phenols is 1. The van der Waals surface area contributed by atoms with Crippen LogP contribution < -0.4 is 5.32 Å². The normalized spacial score (nSPS) is 13.2. The van der Waals surface area contributed by atoms with Gasteiger partial charge in [0, 0.05) is 17.1 Å². The van der Waals surface area contributed by atoms with Gasteiger partial charge in [-0.25, -0.2) is 0 Å². The second-order valence-electron chi connectivity index (χ2n) is 4.99. The zero-order valence-electron chi connectivity index (χ0n) is 14.4. The lowest BCUT2D eigenvalue weighted by molar-refractivity contribution is -0.0979. The number of nitrogens with zero attached hydrogens (tertiary/aromatic N) is 1. The van der Waals surface area contributed by atoms with Crippen molar-refractivity contribution in [3.8, 4) is 5.75 Å². The molecule has 0 aliphatic heterocycles. The molecule has 4 heteroatoms. The van der Waals surface area contributed by atoms with E-state index >= 15 is 0 Å². The Labute approximate surface area is 143 Å². The van der Waals surface area contributed by atoms with E-state index in [0.29, 0.717) is 5.52 Å². The van der Waals surface area contributed by atoms with Crippen LogP contribution in [0.1, 0.15) is 25.5 Å². The maximum atomic E-state index is 10.6. The number of nitrogens with one attached hydrogen (secondary N) is 1. The molecule has 0 aliphatic carbocycles. The predicted molar refractivity (Wildman–Crippen MR) is 100 cm³/mol. The summed E-state index contributed by atoms with van der Waals surface area (Å²) in [5, 5.41) is 14.8. The first-order chi connectivity index (χ1) is 11.7. The van der Waals surface area contributed by atoms with Crippen molar-refractivity contribution in [2.75, 3.05) is 7.05 Å². The third-order valence-corrected chi connectivity index (χ3v) is 3.55. The van der Waals surface area contributed by atoms with Crippen molar-refractivity contribution in [1.82, 2.24) is 10.3 Å². The Bertz CT molecular complexity index is 748. The number of benzene rings is 1. The van der Waals surface area contributed by atoms with Gasteiger partial charge in [0.2, 0.25) is 0 Å². The van der Waals surface area contributed by atoms with E-state index in [0.717, 1.165) is 16.5 Å². The minimum atomic E-state index is -0.0983. The average molecular weight is 324 g/mol. The van der Waals surface area contributed by atoms with Gasteiger partial charge in [0.05, 0.1) is 6.04 Å². The molecular formula is C20H24N2O2. The van der Waals surface area contributed by atoms with Gasteiger partial charge in [-0.1, -0.05) is 48.6 Å². The fraction of sp³-hybridized carbons (Fsp3) is 0.200. The van der Waals surface area contributed by atoms with Crippen LogP contribution in [0.2, 0.25) is 0 Å². The van der Waals surface area contributed by atoms with Crippen LogP contribution in [0.5, 0.6) is 5.75 Å². The van der Waals surface area contributed by atoms with Crippen LogP contribution in [0.3, 0.4) is 0 Å². The lowest BCUT2D eigenvalue weighted by Gasteiger charge is -2.20. The zero-order chi connectivity index (χ0) is 17.9. The summed E-state index contributed by atoms with van der Waals surface area (Å²) in [5.41, 5.74) is 2.53. The summed E-state index contributed by atoms with van der Waals surface area (Å²) >= 11 is 0. The number of hydrogen-bond acceptors (Lipinski definition) is 4. The van der Waals surface area contributed by atoms with Crippen LogP contribution in [-0.4, -0.2) is 23.9 Å². The van der Waals surface area contributed by atoms with Crippen molar-refractivity contribution in [1.29, 1.82) is 0 Å². The zero-order valence-corrected chi connectivity index (χ0v) is 14.4. The van der Waals surface area contributed by atoms with E-state index < -0.39 is 0 Å². The maximum Gasteiger partial charge on any atom is 0.146 e. The smallest absolute Gasteiger partial charge is 0.146 e. The number of rotatable bonds is 5. The first-order valence-electron chi connectivity index (χ1n) is 7.71. The van der Waals surface area contributed by atoms with Crippen LogP contribution in [0, 0.1) is 0 Å². The molecule has 1 atom stereocenters. The highest BCUT2D eigenvalue weighted by molar-refractivity contribution is 5.85. The number of aromatic nitrogens is 1. The highest BCUT2D eigenvalue weighted by Crippen LogP contribution is 2.34. The van der Waals surface area contributed by atoms with Crippen LogP contribution in [0.15, 0.2) is 66.4 Å². The average Bonchev–Trinajstić information content (AvgIpc) is 2.64. The molecule has 1 aromatic heterocycles. The quantitative estimate of drug-likeness (QED) is 0.813. The number of phenolic OH excluding ortho intramolecular Hbond substituents is 1. The van der Waals surface area contributed by atoms with Crippen molar-refractivity contribution in [3.63, 3.8) is 0 Å². The van der Waals surface area contributed by atoms with E-state index in [1.54, 1.807) is 6.20 Å². The van der Waals surface area contributed by atoms with Crippen LogP contribution in [-0.2, 0) is 4.79 Å². The molecule has 0 spiro atoms. The molecule has 126 valence electrons. The fourth-order valence-corrected chi connectivity index (χ4v) is 2.53. The molecule has 4 nitrogen and oxygen atoms in total. The number of hydrogen-bond donors (Lipinski definition) is 2. The number of pyridine rings is 1. The molecule has 0 fully saturated rings. The molecule has 0 amide bonds. The highest BCUT2D eigenvalue weighted by Gasteiger charge is 2.18. The number of fused-ring (bicyclic) bond motifs is 1. The van der Waals surface area contributed by atoms with E-state index in [-0.39, 0.29) is 11.8 Å². The Balaban J connectivity index is 0.00000139. The minimum Gasteiger partial charge on any atom is -0.505 e. The third-order valence-electron chi connectivity index (χ3n) is 3.55. The van der Waals surface area contributed by atoms with Gasteiger partial charge in [0.15, 0.2) is 0 Å². The van der Waals surface area contributed by atoms with Crippen LogP contribution in [0.4, 0.5) is 0 Å². The first kappa shape index (κ1) is 19.3. The Morgan fingerprint density at radius 3 is 2.62 bits per heavy atom. The SMILES string of the molecule is C=O.C\C=C/C=C(\C=C/C)C(NC)c1ccc2cccnc2c1O. The molecule has 1 unspecified atom stereocenters. The second-order valence-corrected chi connectivity index (χ2v) is 4.99. The van der Waals surface area contributed by atoms with Gasteiger partial charge in [-0.15, -0.1) is 0 Å². The monoisotopic (exact) mass is 324 g/mol. The van der Waals surface area contributed by atoms with Gasteiger partial charge >= 0.3 is 0 Å². The van der Waals surface area contributed by atoms with Gasteiger partial charge in [-0.05, 0) is 32.5 Å². The third kappa shape index (κ3) is 4.40. The Hall–Kier alpha value is -2.72. The molecule has 1 heterocycles. The van der Waals surface area contributed by atoms with Crippen molar-refractivity contribution in [3.05, 3.63) is 72.0 Å². The highest BCUT2D eigenvalue weighted by atomic mass is 16.3. The van der Waals surface area contributed by atoms with E-state index in [2.05, 4.69) is 10.3 Å². The summed E-state index contributed by atoms with van der Waals surface area (Å²) in [6.07, 6.45) is 11.8. The Morgan fingerprint density at radius 2 is 2.00 bits per heavy atom. The first-order valence-corrected chi connectivity index (χ1v) is 7.71. The molecule has 1 aromatic carbocycles. The summed E-state index contributed by atoms with van der Waals surface area (Å²) in [6, 6.07) is 7.66. The van der Waals surface area contributed by atoms with Gasteiger partial charge < -0.3 is 15.2 Å². The van der Waals surface area contributed by atoms with Crippen molar-refractivity contribution < 1.29 is 9.90 Å². The fourth-order valence-electron chi connectivity index (χ4n) is 2.53. The lowest BCUT2D eigenvalue weighted by atomic mass is 9.95. The van der Waals surface area contributed by atoms with Crippen molar-refractivity contribution >= 4 is 17.7 Å². The Kier molecular flexibility index (Phi) is 8.16. The number of carbonyl (C=O) groups is 1. The van der Waals surface area contributed by atoms with Gasteiger partial charge in [-0.2, -0.15) is 0 Å². The van der Waals surface area contributed by atoms with Crippen LogP contribution in [0.25, 0.3) is 10.9 Å². The number of carbonyl (C=O) groups excluding carboxylic acids is 1. The molecule has 0 saturated carbocycles. The van der Waals surface area contributed by atoms with E-state index in [9.17, 15) is 5.11 Å². The topological polar surface area (TPSA) is 62.2 Å². The van der Waals surface area contributed by atoms with Crippen molar-refractivity contribution in [2.24, 2.45) is 0 Å².